The van der Waals surface area contributed by atoms with Gasteiger partial charge in [0.25, 0.3) is 11.6 Å². The van der Waals surface area contributed by atoms with Crippen LogP contribution in [-0.2, 0) is 0 Å². The highest BCUT2D eigenvalue weighted by Crippen LogP contribution is 2.16. The van der Waals surface area contributed by atoms with E-state index in [1.54, 1.807) is 14.0 Å². The first-order valence-electron chi connectivity index (χ1n) is 5.33. The molecule has 6 heteroatoms. The molecule has 0 saturated heterocycles. The van der Waals surface area contributed by atoms with Gasteiger partial charge in [-0.2, -0.15) is 0 Å². The fourth-order valence-electron chi connectivity index (χ4n) is 1.48. The van der Waals surface area contributed by atoms with Crippen molar-refractivity contribution in [2.24, 2.45) is 0 Å². The Bertz CT molecular complexity index is 446. The molecular weight excluding hydrogens is 222 g/mol. The molecular formula is C11H15N3O3. The molecule has 0 aliphatic carbocycles. The third-order valence-corrected chi connectivity index (χ3v) is 2.42. The summed E-state index contributed by atoms with van der Waals surface area (Å²) < 4.78 is 0. The standard InChI is InChI=1S/C11H15N3O3/c1-4-5-13(3)11(15)10-6-9(14(16)17)7-12-8(10)2/h6-7H,4-5H2,1-3H3. The predicted octanol–water partition coefficient (Wildman–Crippen LogP) is 1.78. The smallest absolute Gasteiger partial charge is 0.288 e. The number of carbonyl (C=O) groups is 1. The van der Waals surface area contributed by atoms with Crippen LogP contribution < -0.4 is 0 Å². The number of carbonyl (C=O) groups excluding carboxylic acids is 1. The first kappa shape index (κ1) is 13.1. The lowest BCUT2D eigenvalue weighted by Crippen LogP contribution is -2.28. The molecule has 92 valence electrons. The molecule has 0 aliphatic rings. The summed E-state index contributed by atoms with van der Waals surface area (Å²) in [6, 6.07) is 1.27. The van der Waals surface area contributed by atoms with E-state index in [2.05, 4.69) is 4.98 Å². The van der Waals surface area contributed by atoms with E-state index < -0.39 is 4.92 Å². The van der Waals surface area contributed by atoms with E-state index in [0.29, 0.717) is 12.2 Å². The van der Waals surface area contributed by atoms with E-state index in [-0.39, 0.29) is 17.2 Å². The van der Waals surface area contributed by atoms with E-state index >= 15 is 0 Å². The van der Waals surface area contributed by atoms with Gasteiger partial charge in [0, 0.05) is 19.7 Å². The van der Waals surface area contributed by atoms with Gasteiger partial charge in [-0.1, -0.05) is 6.92 Å². The minimum atomic E-state index is -0.553. The van der Waals surface area contributed by atoms with Crippen molar-refractivity contribution in [1.82, 2.24) is 9.88 Å². The number of aryl methyl sites for hydroxylation is 1. The second-order valence-corrected chi connectivity index (χ2v) is 3.81. The Morgan fingerprint density at radius 3 is 2.76 bits per heavy atom. The predicted molar refractivity (Wildman–Crippen MR) is 62.9 cm³/mol. The van der Waals surface area contributed by atoms with Gasteiger partial charge in [-0.05, 0) is 13.3 Å². The van der Waals surface area contributed by atoms with Crippen LogP contribution in [0.5, 0.6) is 0 Å². The number of nitro groups is 1. The lowest BCUT2D eigenvalue weighted by Gasteiger charge is -2.16. The average Bonchev–Trinajstić information content (AvgIpc) is 2.28. The van der Waals surface area contributed by atoms with Gasteiger partial charge in [0.15, 0.2) is 0 Å². The topological polar surface area (TPSA) is 76.3 Å². The summed E-state index contributed by atoms with van der Waals surface area (Å²) in [6.45, 7) is 4.24. The molecule has 1 heterocycles. The van der Waals surface area contributed by atoms with Crippen LogP contribution in [0.15, 0.2) is 12.3 Å². The van der Waals surface area contributed by atoms with Gasteiger partial charge in [0.05, 0.1) is 16.2 Å². The van der Waals surface area contributed by atoms with Crippen molar-refractivity contribution < 1.29 is 9.72 Å². The maximum atomic E-state index is 12.0. The molecule has 0 atom stereocenters. The SMILES string of the molecule is CCCN(C)C(=O)c1cc([N+](=O)[O-])cnc1C. The van der Waals surface area contributed by atoms with Crippen molar-refractivity contribution in [3.05, 3.63) is 33.6 Å². The number of rotatable bonds is 4. The second kappa shape index (κ2) is 5.38. The molecule has 1 rings (SSSR count). The summed E-state index contributed by atoms with van der Waals surface area (Å²) in [6.07, 6.45) is 2.00. The van der Waals surface area contributed by atoms with Crippen LogP contribution in [-0.4, -0.2) is 34.3 Å². The van der Waals surface area contributed by atoms with Crippen molar-refractivity contribution in [3.63, 3.8) is 0 Å². The summed E-state index contributed by atoms with van der Waals surface area (Å²) in [5.41, 5.74) is 0.627. The van der Waals surface area contributed by atoms with Gasteiger partial charge in [0.2, 0.25) is 0 Å². The molecule has 0 unspecified atom stereocenters. The van der Waals surface area contributed by atoms with Crippen molar-refractivity contribution in [1.29, 1.82) is 0 Å². The summed E-state index contributed by atoms with van der Waals surface area (Å²) in [5.74, 6) is -0.236. The van der Waals surface area contributed by atoms with Gasteiger partial charge in [-0.3, -0.25) is 19.9 Å². The van der Waals surface area contributed by atoms with Crippen LogP contribution in [0.25, 0.3) is 0 Å². The quantitative estimate of drug-likeness (QED) is 0.590. The minimum absolute atomic E-state index is 0.163. The lowest BCUT2D eigenvalue weighted by molar-refractivity contribution is -0.385. The number of amides is 1. The van der Waals surface area contributed by atoms with Crippen LogP contribution in [0, 0.1) is 17.0 Å². The highest BCUT2D eigenvalue weighted by atomic mass is 16.6. The minimum Gasteiger partial charge on any atom is -0.342 e. The highest BCUT2D eigenvalue weighted by Gasteiger charge is 2.18. The van der Waals surface area contributed by atoms with Crippen molar-refractivity contribution in [2.45, 2.75) is 20.3 Å². The van der Waals surface area contributed by atoms with Crippen LogP contribution >= 0.6 is 0 Å². The number of aromatic nitrogens is 1. The van der Waals surface area contributed by atoms with Gasteiger partial charge >= 0.3 is 0 Å². The van der Waals surface area contributed by atoms with Crippen LogP contribution in [0.3, 0.4) is 0 Å². The molecule has 0 bridgehead atoms. The molecule has 0 aromatic carbocycles. The molecule has 1 aromatic rings. The maximum Gasteiger partial charge on any atom is 0.288 e. The molecule has 1 aromatic heterocycles. The Morgan fingerprint density at radius 1 is 1.59 bits per heavy atom. The third kappa shape index (κ3) is 2.99. The summed E-state index contributed by atoms with van der Waals surface area (Å²) in [7, 11) is 1.67. The van der Waals surface area contributed by atoms with Gasteiger partial charge in [-0.15, -0.1) is 0 Å². The van der Waals surface area contributed by atoms with E-state index in [4.69, 9.17) is 0 Å². The molecule has 17 heavy (non-hydrogen) atoms. The number of hydrogen-bond donors (Lipinski definition) is 0. The highest BCUT2D eigenvalue weighted by molar-refractivity contribution is 5.95. The van der Waals surface area contributed by atoms with Gasteiger partial charge in [0.1, 0.15) is 6.20 Å². The van der Waals surface area contributed by atoms with Gasteiger partial charge < -0.3 is 4.90 Å². The van der Waals surface area contributed by atoms with Crippen molar-refractivity contribution in [2.75, 3.05) is 13.6 Å². The molecule has 1 amide bonds. The Kier molecular flexibility index (Phi) is 4.14. The summed E-state index contributed by atoms with van der Waals surface area (Å²) >= 11 is 0. The third-order valence-electron chi connectivity index (χ3n) is 2.42. The number of pyridine rings is 1. The lowest BCUT2D eigenvalue weighted by atomic mass is 10.1. The maximum absolute atomic E-state index is 12.0. The van der Waals surface area contributed by atoms with Crippen LogP contribution in [0.1, 0.15) is 29.4 Å². The Hall–Kier alpha value is -1.98. The fraction of sp³-hybridized carbons (Fsp3) is 0.455. The zero-order valence-corrected chi connectivity index (χ0v) is 10.1. The summed E-state index contributed by atoms with van der Waals surface area (Å²) in [5, 5.41) is 10.6. The number of nitrogens with zero attached hydrogens (tertiary/aromatic N) is 3. The molecule has 0 N–H and O–H groups in total. The second-order valence-electron chi connectivity index (χ2n) is 3.81. The van der Waals surface area contributed by atoms with Gasteiger partial charge in [-0.25, -0.2) is 0 Å². The average molecular weight is 237 g/mol. The molecule has 0 radical (unpaired) electrons. The number of hydrogen-bond acceptors (Lipinski definition) is 4. The van der Waals surface area contributed by atoms with Crippen LogP contribution in [0.2, 0.25) is 0 Å². The zero-order valence-electron chi connectivity index (χ0n) is 10.1. The molecule has 0 fully saturated rings. The molecule has 0 saturated carbocycles. The monoisotopic (exact) mass is 237 g/mol. The van der Waals surface area contributed by atoms with E-state index in [9.17, 15) is 14.9 Å². The van der Waals surface area contributed by atoms with Crippen LogP contribution in [0.4, 0.5) is 5.69 Å². The largest absolute Gasteiger partial charge is 0.342 e. The Morgan fingerprint density at radius 2 is 2.24 bits per heavy atom. The van der Waals surface area contributed by atoms with E-state index in [0.717, 1.165) is 12.6 Å². The summed E-state index contributed by atoms with van der Waals surface area (Å²) in [4.78, 5) is 27.5. The molecule has 0 aliphatic heterocycles. The molecule has 0 spiro atoms. The fourth-order valence-corrected chi connectivity index (χ4v) is 1.48. The van der Waals surface area contributed by atoms with E-state index in [1.165, 1.54) is 11.0 Å². The van der Waals surface area contributed by atoms with Crippen molar-refractivity contribution >= 4 is 11.6 Å². The Labute approximate surface area is 99.4 Å². The first-order chi connectivity index (χ1) is 7.97. The Balaban J connectivity index is 3.07. The normalized spacial score (nSPS) is 10.1. The van der Waals surface area contributed by atoms with Crippen molar-refractivity contribution in [3.8, 4) is 0 Å². The molecule has 6 nitrogen and oxygen atoms in total. The first-order valence-corrected chi connectivity index (χ1v) is 5.33. The van der Waals surface area contributed by atoms with E-state index in [1.807, 2.05) is 6.92 Å². The zero-order chi connectivity index (χ0) is 13.0.